The summed E-state index contributed by atoms with van der Waals surface area (Å²) in [6.45, 7) is 3.56. The number of amides is 3. The predicted octanol–water partition coefficient (Wildman–Crippen LogP) is 2.62. The van der Waals surface area contributed by atoms with E-state index in [0.717, 1.165) is 6.07 Å². The number of hydrogen-bond donors (Lipinski definition) is 2. The molecule has 11 heteroatoms. The molecule has 0 atom stereocenters. The fourth-order valence-electron chi connectivity index (χ4n) is 3.63. The third-order valence-electron chi connectivity index (χ3n) is 5.43. The maximum absolute atomic E-state index is 13.1. The molecule has 2 aromatic rings. The number of rotatable bonds is 8. The zero-order valence-electron chi connectivity index (χ0n) is 19.2. The molecular formula is C24H27F3N4O4. The highest BCUT2D eigenvalue weighted by atomic mass is 19.4. The Morgan fingerprint density at radius 1 is 0.971 bits per heavy atom. The molecule has 0 aromatic heterocycles. The zero-order valence-corrected chi connectivity index (χ0v) is 19.2. The predicted molar refractivity (Wildman–Crippen MR) is 123 cm³/mol. The minimum absolute atomic E-state index is 0.0945. The van der Waals surface area contributed by atoms with Gasteiger partial charge in [0, 0.05) is 31.7 Å². The second-order valence-electron chi connectivity index (χ2n) is 7.89. The molecule has 8 nitrogen and oxygen atoms in total. The number of nitrogens with zero attached hydrogens (tertiary/aromatic N) is 2. The molecule has 3 rings (SSSR count). The van der Waals surface area contributed by atoms with E-state index in [2.05, 4.69) is 10.6 Å². The van der Waals surface area contributed by atoms with E-state index >= 15 is 0 Å². The summed E-state index contributed by atoms with van der Waals surface area (Å²) in [7, 11) is 0. The number of para-hydroxylation sites is 1. The first-order chi connectivity index (χ1) is 16.7. The Bertz CT molecular complexity index is 1040. The van der Waals surface area contributed by atoms with Gasteiger partial charge in [-0.05, 0) is 43.3 Å². The van der Waals surface area contributed by atoms with Gasteiger partial charge in [0.2, 0.25) is 11.8 Å². The summed E-state index contributed by atoms with van der Waals surface area (Å²) in [6, 6.07) is 11.4. The number of ether oxygens (including phenoxy) is 1. The van der Waals surface area contributed by atoms with Crippen LogP contribution in [0.4, 0.5) is 18.9 Å². The van der Waals surface area contributed by atoms with Crippen LogP contribution in [0.5, 0.6) is 5.75 Å². The number of benzene rings is 2. The van der Waals surface area contributed by atoms with Crippen molar-refractivity contribution in [2.45, 2.75) is 13.1 Å². The molecule has 0 radical (unpaired) electrons. The Hall–Kier alpha value is -3.60. The van der Waals surface area contributed by atoms with Crippen LogP contribution in [0.3, 0.4) is 0 Å². The van der Waals surface area contributed by atoms with Crippen LogP contribution in [0.25, 0.3) is 0 Å². The molecule has 0 bridgehead atoms. The summed E-state index contributed by atoms with van der Waals surface area (Å²) >= 11 is 0. The molecule has 2 N–H and O–H groups in total. The van der Waals surface area contributed by atoms with Gasteiger partial charge < -0.3 is 20.3 Å². The SMILES string of the molecule is CCOc1ccc(C(=O)NCC(=O)N2CCN(CC(=O)Nc3ccccc3C(F)(F)F)CC2)cc1. The first kappa shape index (κ1) is 26.0. The van der Waals surface area contributed by atoms with Crippen molar-refractivity contribution in [3.63, 3.8) is 0 Å². The van der Waals surface area contributed by atoms with Crippen molar-refractivity contribution in [2.75, 3.05) is 51.2 Å². The maximum Gasteiger partial charge on any atom is 0.418 e. The lowest BCUT2D eigenvalue weighted by atomic mass is 10.1. The third kappa shape index (κ3) is 7.44. The minimum atomic E-state index is -4.57. The van der Waals surface area contributed by atoms with Crippen molar-refractivity contribution in [1.82, 2.24) is 15.1 Å². The molecule has 1 saturated heterocycles. The van der Waals surface area contributed by atoms with Crippen molar-refractivity contribution in [1.29, 1.82) is 0 Å². The van der Waals surface area contributed by atoms with Crippen molar-refractivity contribution < 1.29 is 32.3 Å². The van der Waals surface area contributed by atoms with Crippen LogP contribution >= 0.6 is 0 Å². The molecule has 3 amide bonds. The second kappa shape index (κ2) is 11.7. The monoisotopic (exact) mass is 492 g/mol. The van der Waals surface area contributed by atoms with E-state index in [9.17, 15) is 27.6 Å². The number of carbonyl (C=O) groups is 3. The van der Waals surface area contributed by atoms with Crippen molar-refractivity contribution >= 4 is 23.4 Å². The summed E-state index contributed by atoms with van der Waals surface area (Å²) in [4.78, 5) is 40.3. The van der Waals surface area contributed by atoms with Crippen molar-refractivity contribution in [3.05, 3.63) is 59.7 Å². The smallest absolute Gasteiger partial charge is 0.418 e. The van der Waals surface area contributed by atoms with Crippen LogP contribution in [0.1, 0.15) is 22.8 Å². The number of carbonyl (C=O) groups excluding carboxylic acids is 3. The lowest BCUT2D eigenvalue weighted by Gasteiger charge is -2.34. The van der Waals surface area contributed by atoms with Gasteiger partial charge in [-0.1, -0.05) is 12.1 Å². The summed E-state index contributed by atoms with van der Waals surface area (Å²) in [5.74, 6) is -0.552. The molecule has 0 saturated carbocycles. The van der Waals surface area contributed by atoms with Crippen molar-refractivity contribution in [3.8, 4) is 5.75 Å². The molecule has 1 heterocycles. The number of anilines is 1. The summed E-state index contributed by atoms with van der Waals surface area (Å²) in [6.07, 6.45) is -4.57. The van der Waals surface area contributed by atoms with Gasteiger partial charge in [0.15, 0.2) is 0 Å². The van der Waals surface area contributed by atoms with Crippen LogP contribution in [0, 0.1) is 0 Å². The Labute approximate surface area is 201 Å². The van der Waals surface area contributed by atoms with Crippen LogP contribution in [-0.2, 0) is 15.8 Å². The molecule has 35 heavy (non-hydrogen) atoms. The Morgan fingerprint density at radius 2 is 1.63 bits per heavy atom. The van der Waals surface area contributed by atoms with Crippen LogP contribution in [0.2, 0.25) is 0 Å². The van der Waals surface area contributed by atoms with E-state index < -0.39 is 17.6 Å². The minimum Gasteiger partial charge on any atom is -0.494 e. The number of hydrogen-bond acceptors (Lipinski definition) is 5. The summed E-state index contributed by atoms with van der Waals surface area (Å²) in [5.41, 5.74) is -0.790. The molecule has 2 aromatic carbocycles. The molecule has 1 aliphatic rings. The number of nitrogens with one attached hydrogen (secondary N) is 2. The quantitative estimate of drug-likeness (QED) is 0.591. The van der Waals surface area contributed by atoms with E-state index in [4.69, 9.17) is 4.74 Å². The van der Waals surface area contributed by atoms with Gasteiger partial charge in [-0.3, -0.25) is 19.3 Å². The fraction of sp³-hybridized carbons (Fsp3) is 0.375. The highest BCUT2D eigenvalue weighted by molar-refractivity contribution is 5.96. The van der Waals surface area contributed by atoms with E-state index in [1.807, 2.05) is 6.92 Å². The Morgan fingerprint density at radius 3 is 2.26 bits per heavy atom. The van der Waals surface area contributed by atoms with Gasteiger partial charge >= 0.3 is 6.18 Å². The molecule has 0 unspecified atom stereocenters. The third-order valence-corrected chi connectivity index (χ3v) is 5.43. The highest BCUT2D eigenvalue weighted by Gasteiger charge is 2.33. The lowest BCUT2D eigenvalue weighted by Crippen LogP contribution is -2.52. The van der Waals surface area contributed by atoms with Crippen LogP contribution in [-0.4, -0.2) is 73.4 Å². The Balaban J connectivity index is 1.42. The van der Waals surface area contributed by atoms with E-state index in [1.54, 1.807) is 34.1 Å². The Kier molecular flexibility index (Phi) is 8.69. The van der Waals surface area contributed by atoms with E-state index in [-0.39, 0.29) is 30.6 Å². The van der Waals surface area contributed by atoms with Gasteiger partial charge in [-0.25, -0.2) is 0 Å². The topological polar surface area (TPSA) is 91.0 Å². The molecular weight excluding hydrogens is 465 g/mol. The van der Waals surface area contributed by atoms with Gasteiger partial charge in [-0.2, -0.15) is 13.2 Å². The fourth-order valence-corrected chi connectivity index (χ4v) is 3.63. The van der Waals surface area contributed by atoms with Gasteiger partial charge in [0.1, 0.15) is 5.75 Å². The summed E-state index contributed by atoms with van der Waals surface area (Å²) in [5, 5.41) is 4.92. The first-order valence-corrected chi connectivity index (χ1v) is 11.1. The number of piperazine rings is 1. The summed E-state index contributed by atoms with van der Waals surface area (Å²) < 4.78 is 44.6. The first-order valence-electron chi connectivity index (χ1n) is 11.1. The average molecular weight is 492 g/mol. The highest BCUT2D eigenvalue weighted by Crippen LogP contribution is 2.34. The molecule has 1 aliphatic heterocycles. The average Bonchev–Trinajstić information content (AvgIpc) is 2.83. The normalized spacial score (nSPS) is 14.3. The molecule has 0 spiro atoms. The number of alkyl halides is 3. The van der Waals surface area contributed by atoms with Crippen molar-refractivity contribution in [2.24, 2.45) is 0 Å². The largest absolute Gasteiger partial charge is 0.494 e. The molecule has 1 fully saturated rings. The van der Waals surface area contributed by atoms with Crippen LogP contribution in [0.15, 0.2) is 48.5 Å². The van der Waals surface area contributed by atoms with E-state index in [1.165, 1.54) is 18.2 Å². The number of halogens is 3. The van der Waals surface area contributed by atoms with Crippen LogP contribution < -0.4 is 15.4 Å². The zero-order chi connectivity index (χ0) is 25.4. The lowest BCUT2D eigenvalue weighted by molar-refractivity contribution is -0.137. The maximum atomic E-state index is 13.1. The van der Waals surface area contributed by atoms with Gasteiger partial charge in [-0.15, -0.1) is 0 Å². The van der Waals surface area contributed by atoms with E-state index in [0.29, 0.717) is 44.1 Å². The van der Waals surface area contributed by atoms with Gasteiger partial charge in [0.25, 0.3) is 5.91 Å². The standard InChI is InChI=1S/C24H27F3N4O4/c1-2-35-18-9-7-17(8-10-18)23(34)28-15-22(33)31-13-11-30(12-14-31)16-21(32)29-20-6-4-3-5-19(20)24(25,26)27/h3-10H,2,11-16H2,1H3,(H,28,34)(H,29,32). The molecule has 0 aliphatic carbocycles. The molecule has 188 valence electrons. The second-order valence-corrected chi connectivity index (χ2v) is 7.89. The van der Waals surface area contributed by atoms with Gasteiger partial charge in [0.05, 0.1) is 30.9 Å².